The van der Waals surface area contributed by atoms with Crippen molar-refractivity contribution in [3.63, 3.8) is 0 Å². The molecule has 0 aliphatic carbocycles. The molecule has 2 aromatic heterocycles. The number of hydrogen-bond acceptors (Lipinski definition) is 4. The van der Waals surface area contributed by atoms with E-state index in [1.807, 2.05) is 32.0 Å². The van der Waals surface area contributed by atoms with Gasteiger partial charge in [-0.25, -0.2) is 9.97 Å². The summed E-state index contributed by atoms with van der Waals surface area (Å²) in [7, 11) is 0. The maximum Gasteiger partial charge on any atom is 0.151 e. The van der Waals surface area contributed by atoms with E-state index in [0.29, 0.717) is 11.6 Å². The topological polar surface area (TPSA) is 38.7 Å². The van der Waals surface area contributed by atoms with E-state index < -0.39 is 0 Å². The lowest BCUT2D eigenvalue weighted by molar-refractivity contribution is 0.955. The third-order valence-corrected chi connectivity index (χ3v) is 4.33. The first-order chi connectivity index (χ1) is 9.13. The van der Waals surface area contributed by atoms with Gasteiger partial charge in [0.25, 0.3) is 0 Å². The van der Waals surface area contributed by atoms with Gasteiger partial charge in [0.05, 0.1) is 32.3 Å². The summed E-state index contributed by atoms with van der Waals surface area (Å²) in [6.07, 6.45) is 0.631. The van der Waals surface area contributed by atoms with Crippen LogP contribution in [0, 0.1) is 13.8 Å². The van der Waals surface area contributed by atoms with Crippen LogP contribution in [0.1, 0.15) is 22.1 Å². The molecule has 3 nitrogen and oxygen atoms in total. The van der Waals surface area contributed by atoms with Crippen LogP contribution in [0.2, 0.25) is 5.15 Å². The highest BCUT2D eigenvalue weighted by Crippen LogP contribution is 2.25. The highest BCUT2D eigenvalue weighted by atomic mass is 35.5. The number of fused-ring (bicyclic) bond motifs is 1. The van der Waals surface area contributed by atoms with Crippen LogP contribution in [-0.4, -0.2) is 15.0 Å². The van der Waals surface area contributed by atoms with Crippen LogP contribution in [0.3, 0.4) is 0 Å². The molecule has 0 spiro atoms. The standard InChI is InChI=1S/C14H12ClN3S/c1-8-9(2)17-14(15)11(16-8)7-13-18-10-5-3-4-6-12(10)19-13/h3-6H,7H2,1-2H3. The Morgan fingerprint density at radius 1 is 1.05 bits per heavy atom. The molecule has 0 aliphatic rings. The van der Waals surface area contributed by atoms with Crippen LogP contribution >= 0.6 is 22.9 Å². The number of rotatable bonds is 2. The Balaban J connectivity index is 1.98. The number of thiazole rings is 1. The van der Waals surface area contributed by atoms with Gasteiger partial charge in [0, 0.05) is 6.42 Å². The molecule has 0 unspecified atom stereocenters. The van der Waals surface area contributed by atoms with Crippen LogP contribution in [0.4, 0.5) is 0 Å². The summed E-state index contributed by atoms with van der Waals surface area (Å²) in [6.45, 7) is 3.86. The van der Waals surface area contributed by atoms with Crippen molar-refractivity contribution in [2.24, 2.45) is 0 Å². The van der Waals surface area contributed by atoms with Crippen molar-refractivity contribution in [3.8, 4) is 0 Å². The molecular formula is C14H12ClN3S. The Kier molecular flexibility index (Phi) is 3.21. The van der Waals surface area contributed by atoms with Crippen LogP contribution in [0.5, 0.6) is 0 Å². The highest BCUT2D eigenvalue weighted by Gasteiger charge is 2.11. The molecule has 1 aromatic carbocycles. The summed E-state index contributed by atoms with van der Waals surface area (Å²) in [5.41, 5.74) is 3.61. The van der Waals surface area contributed by atoms with Gasteiger partial charge in [-0.1, -0.05) is 23.7 Å². The van der Waals surface area contributed by atoms with Gasteiger partial charge in [-0.15, -0.1) is 11.3 Å². The lowest BCUT2D eigenvalue weighted by Gasteiger charge is -2.04. The minimum Gasteiger partial charge on any atom is -0.253 e. The van der Waals surface area contributed by atoms with Gasteiger partial charge < -0.3 is 0 Å². The molecule has 0 fully saturated rings. The first-order valence-corrected chi connectivity index (χ1v) is 7.17. The van der Waals surface area contributed by atoms with Gasteiger partial charge in [0.2, 0.25) is 0 Å². The molecule has 2 heterocycles. The largest absolute Gasteiger partial charge is 0.253 e. The molecule has 0 amide bonds. The summed E-state index contributed by atoms with van der Waals surface area (Å²) < 4.78 is 1.19. The molecule has 19 heavy (non-hydrogen) atoms. The summed E-state index contributed by atoms with van der Waals surface area (Å²) >= 11 is 7.83. The lowest BCUT2D eigenvalue weighted by atomic mass is 10.3. The summed E-state index contributed by atoms with van der Waals surface area (Å²) in [6, 6.07) is 8.11. The van der Waals surface area contributed by atoms with Crippen molar-refractivity contribution < 1.29 is 0 Å². The zero-order valence-corrected chi connectivity index (χ0v) is 12.2. The lowest BCUT2D eigenvalue weighted by Crippen LogP contribution is -2.00. The Hall–Kier alpha value is -1.52. The fourth-order valence-corrected chi connectivity index (χ4v) is 3.08. The quantitative estimate of drug-likeness (QED) is 0.717. The smallest absolute Gasteiger partial charge is 0.151 e. The van der Waals surface area contributed by atoms with Gasteiger partial charge in [-0.2, -0.15) is 0 Å². The fraction of sp³-hybridized carbons (Fsp3) is 0.214. The maximum atomic E-state index is 6.15. The highest BCUT2D eigenvalue weighted by molar-refractivity contribution is 7.18. The second-order valence-electron chi connectivity index (χ2n) is 4.38. The number of aromatic nitrogens is 3. The third-order valence-electron chi connectivity index (χ3n) is 2.99. The molecule has 0 aliphatic heterocycles. The average Bonchev–Trinajstić information content (AvgIpc) is 2.78. The second-order valence-corrected chi connectivity index (χ2v) is 5.86. The van der Waals surface area contributed by atoms with Gasteiger partial charge >= 0.3 is 0 Å². The van der Waals surface area contributed by atoms with Crippen LogP contribution in [0.15, 0.2) is 24.3 Å². The van der Waals surface area contributed by atoms with Crippen molar-refractivity contribution in [3.05, 3.63) is 51.5 Å². The number of halogens is 1. The molecule has 3 rings (SSSR count). The minimum absolute atomic E-state index is 0.474. The molecule has 0 N–H and O–H groups in total. The van der Waals surface area contributed by atoms with E-state index in [9.17, 15) is 0 Å². The maximum absolute atomic E-state index is 6.15. The van der Waals surface area contributed by atoms with Gasteiger partial charge in [0.1, 0.15) is 0 Å². The van der Waals surface area contributed by atoms with Crippen LogP contribution in [-0.2, 0) is 6.42 Å². The molecular weight excluding hydrogens is 278 g/mol. The SMILES string of the molecule is Cc1nc(Cl)c(Cc2nc3ccccc3s2)nc1C. The number of nitrogens with zero attached hydrogens (tertiary/aromatic N) is 3. The summed E-state index contributed by atoms with van der Waals surface area (Å²) in [4.78, 5) is 13.4. The first kappa shape index (κ1) is 12.5. The second kappa shape index (κ2) is 4.87. The molecule has 3 aromatic rings. The fourth-order valence-electron chi connectivity index (χ4n) is 1.87. The summed E-state index contributed by atoms with van der Waals surface area (Å²) in [5, 5.41) is 1.49. The zero-order valence-electron chi connectivity index (χ0n) is 10.6. The predicted octanol–water partition coefficient (Wildman–Crippen LogP) is 3.95. The third kappa shape index (κ3) is 2.46. The molecule has 0 saturated carbocycles. The Labute approximate surface area is 120 Å². The van der Waals surface area contributed by atoms with Gasteiger partial charge in [-0.05, 0) is 26.0 Å². The predicted molar refractivity (Wildman–Crippen MR) is 78.9 cm³/mol. The average molecular weight is 290 g/mol. The molecule has 0 saturated heterocycles. The first-order valence-electron chi connectivity index (χ1n) is 5.97. The monoisotopic (exact) mass is 289 g/mol. The minimum atomic E-state index is 0.474. The van der Waals surface area contributed by atoms with Crippen molar-refractivity contribution in [2.45, 2.75) is 20.3 Å². The van der Waals surface area contributed by atoms with Crippen molar-refractivity contribution in [1.29, 1.82) is 0 Å². The van der Waals surface area contributed by atoms with E-state index in [1.165, 1.54) is 4.70 Å². The van der Waals surface area contributed by atoms with Gasteiger partial charge in [-0.3, -0.25) is 4.98 Å². The molecule has 0 bridgehead atoms. The number of para-hydroxylation sites is 1. The molecule has 0 atom stereocenters. The van der Waals surface area contributed by atoms with Crippen molar-refractivity contribution >= 4 is 33.2 Å². The van der Waals surface area contributed by atoms with Crippen molar-refractivity contribution in [1.82, 2.24) is 15.0 Å². The van der Waals surface area contributed by atoms with Gasteiger partial charge in [0.15, 0.2) is 5.15 Å². The van der Waals surface area contributed by atoms with E-state index in [1.54, 1.807) is 11.3 Å². The number of benzene rings is 1. The van der Waals surface area contributed by atoms with E-state index in [4.69, 9.17) is 11.6 Å². The zero-order chi connectivity index (χ0) is 13.4. The molecule has 0 radical (unpaired) electrons. The van der Waals surface area contributed by atoms with Crippen LogP contribution in [0.25, 0.3) is 10.2 Å². The Morgan fingerprint density at radius 2 is 1.79 bits per heavy atom. The van der Waals surface area contributed by atoms with E-state index in [-0.39, 0.29) is 0 Å². The summed E-state index contributed by atoms with van der Waals surface area (Å²) in [5.74, 6) is 0. The molecule has 5 heteroatoms. The number of hydrogen-bond donors (Lipinski definition) is 0. The normalized spacial score (nSPS) is 11.1. The van der Waals surface area contributed by atoms with E-state index in [0.717, 1.165) is 27.6 Å². The Morgan fingerprint density at radius 3 is 2.58 bits per heavy atom. The Bertz CT molecular complexity index is 719. The van der Waals surface area contributed by atoms with Crippen molar-refractivity contribution in [2.75, 3.05) is 0 Å². The molecule has 96 valence electrons. The van der Waals surface area contributed by atoms with E-state index in [2.05, 4.69) is 21.0 Å². The van der Waals surface area contributed by atoms with Crippen LogP contribution < -0.4 is 0 Å². The number of aryl methyl sites for hydroxylation is 2. The van der Waals surface area contributed by atoms with E-state index >= 15 is 0 Å².